The van der Waals surface area contributed by atoms with Gasteiger partial charge in [-0.15, -0.1) is 11.3 Å². The molecule has 1 atom stereocenters. The molecule has 1 amide bonds. The fourth-order valence-corrected chi connectivity index (χ4v) is 6.35. The molecule has 6 rings (SSSR count). The van der Waals surface area contributed by atoms with Gasteiger partial charge in [-0.1, -0.05) is 19.4 Å². The highest BCUT2D eigenvalue weighted by atomic mass is 32.1. The number of pyridine rings is 1. The quantitative estimate of drug-likeness (QED) is 0.487. The van der Waals surface area contributed by atoms with Gasteiger partial charge in [0.2, 0.25) is 5.91 Å². The van der Waals surface area contributed by atoms with E-state index in [0.29, 0.717) is 18.9 Å². The average molecular weight is 503 g/mol. The number of carbonyl (C=O) groups excluding carboxylic acids is 1. The Morgan fingerprint density at radius 3 is 2.94 bits per heavy atom. The predicted octanol–water partition coefficient (Wildman–Crippen LogP) is 5.16. The van der Waals surface area contributed by atoms with Gasteiger partial charge >= 0.3 is 0 Å². The largest absolute Gasteiger partial charge is 0.358 e. The third-order valence-electron chi connectivity index (χ3n) is 7.80. The number of likely N-dealkylation sites (tertiary alicyclic amines) is 1. The zero-order chi connectivity index (χ0) is 24.5. The molecular weight excluding hydrogens is 468 g/mol. The molecule has 0 radical (unpaired) electrons. The first-order valence-corrected chi connectivity index (χ1v) is 14.1. The minimum atomic E-state index is 0.277. The summed E-state index contributed by atoms with van der Waals surface area (Å²) in [5.41, 5.74) is 8.67. The molecule has 8 heteroatoms. The Labute approximate surface area is 216 Å². The van der Waals surface area contributed by atoms with Crippen molar-refractivity contribution in [3.05, 3.63) is 51.9 Å². The Balaban J connectivity index is 1.14. The molecule has 7 nitrogen and oxygen atoms in total. The lowest BCUT2D eigenvalue weighted by molar-refractivity contribution is -0.131. The van der Waals surface area contributed by atoms with Crippen LogP contribution in [0.1, 0.15) is 55.3 Å². The van der Waals surface area contributed by atoms with Crippen molar-refractivity contribution in [3.8, 4) is 0 Å². The number of aromatic amines is 1. The van der Waals surface area contributed by atoms with E-state index in [2.05, 4.69) is 50.3 Å². The first kappa shape index (κ1) is 23.4. The summed E-state index contributed by atoms with van der Waals surface area (Å²) in [7, 11) is 0. The molecule has 5 heterocycles. The molecule has 0 saturated carbocycles. The molecule has 3 aliphatic rings. The van der Waals surface area contributed by atoms with Gasteiger partial charge in [0.15, 0.2) is 0 Å². The number of carbonyl (C=O) groups is 1. The van der Waals surface area contributed by atoms with Gasteiger partial charge in [-0.25, -0.2) is 9.97 Å². The minimum Gasteiger partial charge on any atom is -0.358 e. The van der Waals surface area contributed by atoms with Gasteiger partial charge in [-0.05, 0) is 62.6 Å². The van der Waals surface area contributed by atoms with E-state index in [0.717, 1.165) is 61.4 Å². The highest BCUT2D eigenvalue weighted by molar-refractivity contribution is 7.10. The highest BCUT2D eigenvalue weighted by Gasteiger charge is 2.22. The van der Waals surface area contributed by atoms with Crippen molar-refractivity contribution in [2.45, 2.75) is 45.4 Å². The number of aromatic nitrogens is 3. The van der Waals surface area contributed by atoms with Gasteiger partial charge in [0.25, 0.3) is 0 Å². The number of allylic oxidation sites excluding steroid dienone is 1. The fraction of sp³-hybridized carbons (Fsp3) is 0.464. The van der Waals surface area contributed by atoms with Crippen molar-refractivity contribution >= 4 is 45.6 Å². The summed E-state index contributed by atoms with van der Waals surface area (Å²) in [4.78, 5) is 31.1. The normalized spacial score (nSPS) is 20.7. The second-order valence-corrected chi connectivity index (χ2v) is 11.2. The van der Waals surface area contributed by atoms with Crippen LogP contribution >= 0.6 is 11.3 Å². The summed E-state index contributed by atoms with van der Waals surface area (Å²) in [6.45, 7) is 6.89. The number of amides is 1. The molecule has 2 N–H and O–H groups in total. The van der Waals surface area contributed by atoms with Crippen LogP contribution in [0.25, 0.3) is 22.7 Å². The van der Waals surface area contributed by atoms with E-state index in [4.69, 9.17) is 0 Å². The predicted molar refractivity (Wildman–Crippen MR) is 147 cm³/mol. The van der Waals surface area contributed by atoms with Gasteiger partial charge in [-0.3, -0.25) is 4.79 Å². The lowest BCUT2D eigenvalue weighted by Crippen LogP contribution is -2.38. The Morgan fingerprint density at radius 2 is 2.11 bits per heavy atom. The molecule has 1 aliphatic carbocycles. The number of thiazole rings is 1. The number of hydrogen-bond acceptors (Lipinski definition) is 6. The lowest BCUT2D eigenvalue weighted by Gasteiger charge is -2.29. The van der Waals surface area contributed by atoms with Gasteiger partial charge in [0, 0.05) is 54.9 Å². The number of anilines is 1. The number of nitrogens with one attached hydrogen (secondary N) is 2. The van der Waals surface area contributed by atoms with Crippen LogP contribution in [0.4, 0.5) is 5.69 Å². The Bertz CT molecular complexity index is 1310. The topological polar surface area (TPSA) is 77.1 Å². The van der Waals surface area contributed by atoms with E-state index < -0.39 is 0 Å². The molecular formula is C28H34N6OS. The van der Waals surface area contributed by atoms with Crippen molar-refractivity contribution < 1.29 is 4.79 Å². The summed E-state index contributed by atoms with van der Waals surface area (Å²) in [6.07, 6.45) is 12.6. The maximum Gasteiger partial charge on any atom is 0.224 e. The van der Waals surface area contributed by atoms with E-state index in [9.17, 15) is 4.79 Å². The monoisotopic (exact) mass is 502 g/mol. The second-order valence-electron chi connectivity index (χ2n) is 10.3. The number of fused-ring (bicyclic) bond motifs is 2. The number of nitrogens with zero attached hydrogens (tertiary/aromatic N) is 4. The summed E-state index contributed by atoms with van der Waals surface area (Å²) < 4.78 is 0. The first-order chi connectivity index (χ1) is 17.6. The molecule has 0 bridgehead atoms. The van der Waals surface area contributed by atoms with Crippen LogP contribution in [0.2, 0.25) is 0 Å². The third-order valence-corrected chi connectivity index (χ3v) is 8.62. The first-order valence-electron chi connectivity index (χ1n) is 13.2. The summed E-state index contributed by atoms with van der Waals surface area (Å²) in [5, 5.41) is 4.78. The molecule has 3 aromatic rings. The lowest BCUT2D eigenvalue weighted by atomic mass is 9.95. The third kappa shape index (κ3) is 4.84. The molecule has 1 unspecified atom stereocenters. The molecule has 1 saturated heterocycles. The molecule has 1 fully saturated rings. The fourth-order valence-electron chi connectivity index (χ4n) is 5.59. The summed E-state index contributed by atoms with van der Waals surface area (Å²) in [6, 6.07) is 4.25. The van der Waals surface area contributed by atoms with E-state index in [1.165, 1.54) is 41.1 Å². The maximum atomic E-state index is 12.8. The van der Waals surface area contributed by atoms with Gasteiger partial charge in [-0.2, -0.15) is 0 Å². The van der Waals surface area contributed by atoms with Crippen LogP contribution in [-0.2, 0) is 11.2 Å². The van der Waals surface area contributed by atoms with Crippen LogP contribution in [0.5, 0.6) is 0 Å². The Kier molecular flexibility index (Phi) is 6.63. The Morgan fingerprint density at radius 1 is 1.22 bits per heavy atom. The van der Waals surface area contributed by atoms with E-state index >= 15 is 0 Å². The molecule has 3 aromatic heterocycles. The van der Waals surface area contributed by atoms with Crippen LogP contribution < -0.4 is 5.32 Å². The SMILES string of the molecule is CC1Cc2ncsc2C=C1Nc1ccnc2[nH]c(C3=CCN(C(=O)CCN4CCCCC4)CC3)cc12. The standard InChI is InChI=1S/C28H34N6OS/c1-19-15-25-26(36-18-30-25)17-23(19)31-22-5-9-29-28-21(22)16-24(32-28)20-6-13-34(14-7-20)27(35)8-12-33-10-3-2-4-11-33/h5-6,9,16-19H,2-4,7-8,10-15H2,1H3,(H2,29,31,32). The minimum absolute atomic E-state index is 0.277. The van der Waals surface area contributed by atoms with Crippen molar-refractivity contribution in [3.63, 3.8) is 0 Å². The van der Waals surface area contributed by atoms with E-state index in [1.807, 2.05) is 22.7 Å². The molecule has 0 spiro atoms. The molecule has 0 aromatic carbocycles. The van der Waals surface area contributed by atoms with Crippen LogP contribution in [-0.4, -0.2) is 63.4 Å². The van der Waals surface area contributed by atoms with Gasteiger partial charge < -0.3 is 20.1 Å². The van der Waals surface area contributed by atoms with Crippen LogP contribution in [0.15, 0.2) is 35.6 Å². The van der Waals surface area contributed by atoms with E-state index in [-0.39, 0.29) is 5.91 Å². The second kappa shape index (κ2) is 10.2. The number of hydrogen-bond donors (Lipinski definition) is 2. The molecule has 36 heavy (non-hydrogen) atoms. The van der Waals surface area contributed by atoms with Crippen LogP contribution in [0.3, 0.4) is 0 Å². The van der Waals surface area contributed by atoms with Gasteiger partial charge in [0.05, 0.1) is 21.8 Å². The molecule has 188 valence electrons. The maximum absolute atomic E-state index is 12.8. The van der Waals surface area contributed by atoms with Crippen molar-refractivity contribution in [2.24, 2.45) is 5.92 Å². The average Bonchev–Trinajstić information content (AvgIpc) is 3.55. The summed E-state index contributed by atoms with van der Waals surface area (Å²) >= 11 is 1.70. The van der Waals surface area contributed by atoms with E-state index in [1.54, 1.807) is 11.3 Å². The highest BCUT2D eigenvalue weighted by Crippen LogP contribution is 2.34. The van der Waals surface area contributed by atoms with Crippen molar-refractivity contribution in [1.82, 2.24) is 24.8 Å². The Hall–Kier alpha value is -2.97. The van der Waals surface area contributed by atoms with Crippen LogP contribution in [0, 0.1) is 5.92 Å². The smallest absolute Gasteiger partial charge is 0.224 e. The number of piperidine rings is 1. The van der Waals surface area contributed by atoms with Crippen molar-refractivity contribution in [2.75, 3.05) is 38.0 Å². The number of rotatable bonds is 6. The van der Waals surface area contributed by atoms with Crippen molar-refractivity contribution in [1.29, 1.82) is 0 Å². The molecule has 2 aliphatic heterocycles. The summed E-state index contributed by atoms with van der Waals surface area (Å²) in [5.74, 6) is 0.667. The van der Waals surface area contributed by atoms with Gasteiger partial charge in [0.1, 0.15) is 5.65 Å². The zero-order valence-electron chi connectivity index (χ0n) is 20.9. The number of H-pyrrole nitrogens is 1. The zero-order valence-corrected chi connectivity index (χ0v) is 21.7.